The molecule has 1 aliphatic heterocycles. The van der Waals surface area contributed by atoms with Gasteiger partial charge in [0.1, 0.15) is 0 Å². The minimum absolute atomic E-state index is 0. The van der Waals surface area contributed by atoms with Gasteiger partial charge in [0.05, 0.1) is 11.9 Å². The third kappa shape index (κ3) is 8.71. The number of thioether (sulfide) groups is 1. The normalized spacial score (nSPS) is 19.5. The maximum atomic E-state index is 11.3. The Morgan fingerprint density at radius 2 is 2.29 bits per heavy atom. The van der Waals surface area contributed by atoms with Crippen molar-refractivity contribution in [3.63, 3.8) is 0 Å². The van der Waals surface area contributed by atoms with Crippen molar-refractivity contribution in [2.75, 3.05) is 31.2 Å². The number of halogens is 1. The Labute approximate surface area is 114 Å². The largest absolute Gasteiger partial charge is 0.377 e. The number of amides is 1. The molecule has 0 aromatic carbocycles. The highest BCUT2D eigenvalue weighted by atomic mass is 35.5. The summed E-state index contributed by atoms with van der Waals surface area (Å²) in [4.78, 5) is 11.3. The van der Waals surface area contributed by atoms with Crippen LogP contribution in [-0.2, 0) is 9.53 Å². The van der Waals surface area contributed by atoms with Crippen LogP contribution in [0.15, 0.2) is 0 Å². The second-order valence-electron chi connectivity index (χ2n) is 4.00. The van der Waals surface area contributed by atoms with Gasteiger partial charge in [-0.1, -0.05) is 0 Å². The van der Waals surface area contributed by atoms with Gasteiger partial charge in [-0.3, -0.25) is 4.79 Å². The van der Waals surface area contributed by atoms with E-state index in [0.717, 1.165) is 25.2 Å². The standard InChI is InChI=1S/C11H22N2O2S.ClH/c12-5-3-6-13-11(14)9-16-8-10-4-1-2-7-15-10;/h10H,1-9,12H2,(H,13,14);1H. The number of hydrogen-bond donors (Lipinski definition) is 2. The molecule has 1 fully saturated rings. The molecule has 1 amide bonds. The number of rotatable bonds is 7. The molecule has 0 spiro atoms. The minimum Gasteiger partial charge on any atom is -0.377 e. The Bertz CT molecular complexity index is 202. The van der Waals surface area contributed by atoms with Crippen molar-refractivity contribution in [2.24, 2.45) is 5.73 Å². The van der Waals surface area contributed by atoms with E-state index in [4.69, 9.17) is 10.5 Å². The van der Waals surface area contributed by atoms with Crippen molar-refractivity contribution < 1.29 is 9.53 Å². The van der Waals surface area contributed by atoms with Gasteiger partial charge in [-0.15, -0.1) is 24.2 Å². The molecule has 0 aromatic heterocycles. The summed E-state index contributed by atoms with van der Waals surface area (Å²) in [6, 6.07) is 0. The molecule has 102 valence electrons. The molecule has 1 atom stereocenters. The van der Waals surface area contributed by atoms with Crippen molar-refractivity contribution >= 4 is 30.1 Å². The minimum atomic E-state index is 0. The van der Waals surface area contributed by atoms with Crippen LogP contribution in [-0.4, -0.2) is 43.2 Å². The van der Waals surface area contributed by atoms with E-state index in [-0.39, 0.29) is 18.3 Å². The van der Waals surface area contributed by atoms with E-state index in [9.17, 15) is 4.79 Å². The van der Waals surface area contributed by atoms with E-state index in [1.165, 1.54) is 12.8 Å². The summed E-state index contributed by atoms with van der Waals surface area (Å²) in [7, 11) is 0. The van der Waals surface area contributed by atoms with Crippen molar-refractivity contribution in [3.8, 4) is 0 Å². The molecule has 0 bridgehead atoms. The summed E-state index contributed by atoms with van der Waals surface area (Å²) in [5.41, 5.74) is 5.34. The molecular formula is C11H23ClN2O2S. The van der Waals surface area contributed by atoms with Crippen LogP contribution < -0.4 is 11.1 Å². The Morgan fingerprint density at radius 3 is 2.94 bits per heavy atom. The van der Waals surface area contributed by atoms with Gasteiger partial charge in [0, 0.05) is 18.9 Å². The number of nitrogens with two attached hydrogens (primary N) is 1. The zero-order valence-electron chi connectivity index (χ0n) is 10.2. The fourth-order valence-corrected chi connectivity index (χ4v) is 2.53. The van der Waals surface area contributed by atoms with Gasteiger partial charge in [0.2, 0.25) is 5.91 Å². The fourth-order valence-electron chi connectivity index (χ4n) is 1.60. The molecule has 0 aliphatic carbocycles. The first kappa shape index (κ1) is 17.0. The number of ether oxygens (including phenoxy) is 1. The molecule has 1 heterocycles. The Kier molecular flexibility index (Phi) is 11.2. The van der Waals surface area contributed by atoms with Crippen molar-refractivity contribution in [1.29, 1.82) is 0 Å². The molecule has 3 N–H and O–H groups in total. The maximum absolute atomic E-state index is 11.3. The van der Waals surface area contributed by atoms with E-state index in [1.54, 1.807) is 11.8 Å². The van der Waals surface area contributed by atoms with Gasteiger partial charge in [-0.2, -0.15) is 0 Å². The summed E-state index contributed by atoms with van der Waals surface area (Å²) >= 11 is 1.66. The van der Waals surface area contributed by atoms with Gasteiger partial charge in [-0.05, 0) is 32.2 Å². The lowest BCUT2D eigenvalue weighted by molar-refractivity contribution is -0.118. The van der Waals surface area contributed by atoms with Gasteiger partial charge >= 0.3 is 0 Å². The van der Waals surface area contributed by atoms with Crippen LogP contribution in [0.4, 0.5) is 0 Å². The lowest BCUT2D eigenvalue weighted by Crippen LogP contribution is -2.28. The number of nitrogens with one attached hydrogen (secondary N) is 1. The average molecular weight is 283 g/mol. The van der Waals surface area contributed by atoms with Crippen LogP contribution >= 0.6 is 24.2 Å². The van der Waals surface area contributed by atoms with Crippen LogP contribution in [0.3, 0.4) is 0 Å². The first-order valence-electron chi connectivity index (χ1n) is 5.99. The lowest BCUT2D eigenvalue weighted by Gasteiger charge is -2.21. The Balaban J connectivity index is 0.00000256. The first-order chi connectivity index (χ1) is 7.83. The third-order valence-electron chi connectivity index (χ3n) is 2.51. The monoisotopic (exact) mass is 282 g/mol. The Morgan fingerprint density at radius 1 is 1.47 bits per heavy atom. The summed E-state index contributed by atoms with van der Waals surface area (Å²) in [6.45, 7) is 2.20. The summed E-state index contributed by atoms with van der Waals surface area (Å²) in [5, 5.41) is 2.84. The molecule has 1 rings (SSSR count). The number of carbonyl (C=O) groups is 1. The number of carbonyl (C=O) groups excluding carboxylic acids is 1. The molecule has 0 radical (unpaired) electrons. The van der Waals surface area contributed by atoms with Gasteiger partial charge in [-0.25, -0.2) is 0 Å². The Hall–Kier alpha value is 0.0300. The molecule has 6 heteroatoms. The lowest BCUT2D eigenvalue weighted by atomic mass is 10.1. The predicted octanol–water partition coefficient (Wildman–Crippen LogP) is 1.18. The number of hydrogen-bond acceptors (Lipinski definition) is 4. The van der Waals surface area contributed by atoms with Crippen molar-refractivity contribution in [3.05, 3.63) is 0 Å². The van der Waals surface area contributed by atoms with E-state index < -0.39 is 0 Å². The van der Waals surface area contributed by atoms with Crippen LogP contribution in [0.25, 0.3) is 0 Å². The highest BCUT2D eigenvalue weighted by Crippen LogP contribution is 2.16. The quantitative estimate of drug-likeness (QED) is 0.688. The van der Waals surface area contributed by atoms with Crippen molar-refractivity contribution in [1.82, 2.24) is 5.32 Å². The van der Waals surface area contributed by atoms with E-state index in [1.807, 2.05) is 0 Å². The highest BCUT2D eigenvalue weighted by molar-refractivity contribution is 7.99. The molecule has 17 heavy (non-hydrogen) atoms. The summed E-state index contributed by atoms with van der Waals surface area (Å²) < 4.78 is 5.59. The fraction of sp³-hybridized carbons (Fsp3) is 0.909. The zero-order valence-corrected chi connectivity index (χ0v) is 11.8. The first-order valence-corrected chi connectivity index (χ1v) is 7.14. The maximum Gasteiger partial charge on any atom is 0.229 e. The zero-order chi connectivity index (χ0) is 11.6. The van der Waals surface area contributed by atoms with Gasteiger partial charge in [0.25, 0.3) is 0 Å². The van der Waals surface area contributed by atoms with Gasteiger partial charge in [0.15, 0.2) is 0 Å². The van der Waals surface area contributed by atoms with Gasteiger partial charge < -0.3 is 15.8 Å². The average Bonchev–Trinajstić information content (AvgIpc) is 2.31. The van der Waals surface area contributed by atoms with E-state index >= 15 is 0 Å². The molecular weight excluding hydrogens is 260 g/mol. The predicted molar refractivity (Wildman–Crippen MR) is 74.8 cm³/mol. The van der Waals surface area contributed by atoms with Crippen LogP contribution in [0.2, 0.25) is 0 Å². The van der Waals surface area contributed by atoms with Crippen LogP contribution in [0, 0.1) is 0 Å². The highest BCUT2D eigenvalue weighted by Gasteiger charge is 2.14. The summed E-state index contributed by atoms with van der Waals surface area (Å²) in [6.07, 6.45) is 4.79. The van der Waals surface area contributed by atoms with Crippen molar-refractivity contribution in [2.45, 2.75) is 31.8 Å². The van der Waals surface area contributed by atoms with E-state index in [2.05, 4.69) is 5.32 Å². The third-order valence-corrected chi connectivity index (χ3v) is 3.59. The van der Waals surface area contributed by atoms with Crippen LogP contribution in [0.1, 0.15) is 25.7 Å². The molecule has 0 saturated carbocycles. The van der Waals surface area contributed by atoms with E-state index in [0.29, 0.717) is 24.9 Å². The molecule has 1 saturated heterocycles. The second-order valence-corrected chi connectivity index (χ2v) is 5.03. The molecule has 1 aliphatic rings. The second kappa shape index (κ2) is 11.1. The SMILES string of the molecule is Cl.NCCCNC(=O)CSCC1CCCCO1. The molecule has 0 aromatic rings. The summed E-state index contributed by atoms with van der Waals surface area (Å²) in [5.74, 6) is 1.57. The smallest absolute Gasteiger partial charge is 0.229 e. The molecule has 4 nitrogen and oxygen atoms in total. The molecule has 1 unspecified atom stereocenters. The van der Waals surface area contributed by atoms with Crippen LogP contribution in [0.5, 0.6) is 0 Å². The topological polar surface area (TPSA) is 64.3 Å².